The number of halogens is 3. The fraction of sp³-hybridized carbons (Fsp3) is 0.722. The molecule has 0 saturated carbocycles. The number of aromatic nitrogens is 2. The normalized spacial score (nSPS) is 22.5. The van der Waals surface area contributed by atoms with E-state index in [4.69, 9.17) is 0 Å². The molecule has 154 valence electrons. The number of nitrogens with zero attached hydrogens (tertiary/aromatic N) is 4. The average molecular weight is 399 g/mol. The van der Waals surface area contributed by atoms with Gasteiger partial charge >= 0.3 is 12.2 Å². The Morgan fingerprint density at radius 1 is 1.29 bits per heavy atom. The predicted octanol–water partition coefficient (Wildman–Crippen LogP) is 1.78. The van der Waals surface area contributed by atoms with Crippen LogP contribution >= 0.6 is 0 Å². The lowest BCUT2D eigenvalue weighted by Crippen LogP contribution is -2.70. The maximum Gasteiger partial charge on any atom is 0.435 e. The first-order valence-electron chi connectivity index (χ1n) is 9.60. The average Bonchev–Trinajstić information content (AvgIpc) is 3.16. The number of nitrogens with one attached hydrogen (secondary N) is 1. The number of hydrogen-bond donors (Lipinski definition) is 1. The third kappa shape index (κ3) is 3.56. The zero-order valence-electron chi connectivity index (χ0n) is 15.8. The van der Waals surface area contributed by atoms with Crippen molar-refractivity contribution in [3.8, 4) is 0 Å². The monoisotopic (exact) mass is 399 g/mol. The van der Waals surface area contributed by atoms with Gasteiger partial charge in [-0.05, 0) is 31.6 Å². The molecule has 7 nitrogen and oxygen atoms in total. The first kappa shape index (κ1) is 19.1. The molecule has 10 heteroatoms. The first-order chi connectivity index (χ1) is 13.2. The van der Waals surface area contributed by atoms with E-state index in [0.717, 1.165) is 6.42 Å². The van der Waals surface area contributed by atoms with E-state index < -0.39 is 11.9 Å². The number of carbonyl (C=O) groups excluding carboxylic acids is 2. The van der Waals surface area contributed by atoms with Crippen molar-refractivity contribution in [3.05, 3.63) is 17.5 Å². The number of hydrogen-bond acceptors (Lipinski definition) is 3. The summed E-state index contributed by atoms with van der Waals surface area (Å²) in [6.45, 7) is 2.17. The second-order valence-electron chi connectivity index (χ2n) is 8.28. The first-order valence-corrected chi connectivity index (χ1v) is 9.60. The van der Waals surface area contributed by atoms with Crippen molar-refractivity contribution in [2.24, 2.45) is 13.0 Å². The molecule has 1 N–H and O–H groups in total. The van der Waals surface area contributed by atoms with Gasteiger partial charge in [0.2, 0.25) is 5.91 Å². The van der Waals surface area contributed by atoms with Crippen molar-refractivity contribution in [3.63, 3.8) is 0 Å². The number of likely N-dealkylation sites (tertiary alicyclic amines) is 2. The maximum absolute atomic E-state index is 13.1. The summed E-state index contributed by atoms with van der Waals surface area (Å²) >= 11 is 0. The van der Waals surface area contributed by atoms with Gasteiger partial charge in [0.15, 0.2) is 5.69 Å². The van der Waals surface area contributed by atoms with Crippen LogP contribution in [0.4, 0.5) is 18.0 Å². The van der Waals surface area contributed by atoms with E-state index in [0.29, 0.717) is 51.9 Å². The van der Waals surface area contributed by atoms with E-state index in [1.165, 1.54) is 17.9 Å². The van der Waals surface area contributed by atoms with Crippen LogP contribution in [0.15, 0.2) is 6.20 Å². The molecule has 0 unspecified atom stereocenters. The smallest absolute Gasteiger partial charge is 0.347 e. The zero-order chi connectivity index (χ0) is 20.1. The van der Waals surface area contributed by atoms with Gasteiger partial charge in [-0.3, -0.25) is 9.48 Å². The summed E-state index contributed by atoms with van der Waals surface area (Å²) < 4.78 is 40.5. The van der Waals surface area contributed by atoms with Gasteiger partial charge in [0, 0.05) is 51.4 Å². The standard InChI is InChI=1S/C18H24F3N5O2/c1-24-9-13(15(23-24)18(19,20)21)8-12-3-6-25(7-4-12)16(28)26-10-17(11-26)5-2-14(27)22-17/h9,12H,2-8,10-11H2,1H3,(H,22,27). The van der Waals surface area contributed by atoms with Gasteiger partial charge in [0.25, 0.3) is 0 Å². The van der Waals surface area contributed by atoms with Crippen LogP contribution in [0.5, 0.6) is 0 Å². The number of aryl methyl sites for hydroxylation is 1. The fourth-order valence-corrected chi connectivity index (χ4v) is 4.60. The molecular formula is C18H24F3N5O2. The van der Waals surface area contributed by atoms with Gasteiger partial charge in [0.1, 0.15) is 0 Å². The van der Waals surface area contributed by atoms with Crippen molar-refractivity contribution in [1.29, 1.82) is 0 Å². The van der Waals surface area contributed by atoms with Crippen molar-refractivity contribution < 1.29 is 22.8 Å². The number of carbonyl (C=O) groups is 2. The lowest BCUT2D eigenvalue weighted by molar-refractivity contribution is -0.142. The molecule has 0 aliphatic carbocycles. The molecule has 3 amide bonds. The highest BCUT2D eigenvalue weighted by atomic mass is 19.4. The molecule has 3 aliphatic rings. The Morgan fingerprint density at radius 3 is 2.54 bits per heavy atom. The Kier molecular flexibility index (Phi) is 4.54. The third-order valence-corrected chi connectivity index (χ3v) is 6.06. The van der Waals surface area contributed by atoms with Crippen LogP contribution in [0.2, 0.25) is 0 Å². The quantitative estimate of drug-likeness (QED) is 0.824. The van der Waals surface area contributed by atoms with Crippen LogP contribution in [-0.4, -0.2) is 63.2 Å². The van der Waals surface area contributed by atoms with Crippen LogP contribution in [0.25, 0.3) is 0 Å². The van der Waals surface area contributed by atoms with Crippen LogP contribution in [-0.2, 0) is 24.4 Å². The molecule has 28 heavy (non-hydrogen) atoms. The molecule has 3 saturated heterocycles. The van der Waals surface area contributed by atoms with Gasteiger partial charge in [-0.2, -0.15) is 18.3 Å². The van der Waals surface area contributed by atoms with Crippen molar-refractivity contribution in [2.75, 3.05) is 26.2 Å². The number of urea groups is 1. The number of alkyl halides is 3. The molecule has 4 rings (SSSR count). The molecule has 0 aromatic carbocycles. The third-order valence-electron chi connectivity index (χ3n) is 6.06. The summed E-state index contributed by atoms with van der Waals surface area (Å²) in [6.07, 6.45) is -0.0526. The Bertz CT molecular complexity index is 777. The highest BCUT2D eigenvalue weighted by molar-refractivity contribution is 5.82. The Labute approximate surface area is 160 Å². The molecule has 0 atom stereocenters. The Morgan fingerprint density at radius 2 is 1.96 bits per heavy atom. The van der Waals surface area contributed by atoms with Gasteiger partial charge in [-0.1, -0.05) is 0 Å². The van der Waals surface area contributed by atoms with Crippen LogP contribution in [0, 0.1) is 5.92 Å². The van der Waals surface area contributed by atoms with Crippen LogP contribution in [0.3, 0.4) is 0 Å². The summed E-state index contributed by atoms with van der Waals surface area (Å²) in [6, 6.07) is -0.0393. The summed E-state index contributed by atoms with van der Waals surface area (Å²) in [5.41, 5.74) is -0.821. The number of piperidine rings is 1. The molecule has 0 radical (unpaired) electrons. The van der Waals surface area contributed by atoms with Crippen LogP contribution in [0.1, 0.15) is 36.9 Å². The van der Waals surface area contributed by atoms with Crippen molar-refractivity contribution >= 4 is 11.9 Å². The van der Waals surface area contributed by atoms with Gasteiger partial charge in [0.05, 0.1) is 5.54 Å². The molecule has 3 aliphatic heterocycles. The molecule has 1 spiro atoms. The van der Waals surface area contributed by atoms with E-state index in [2.05, 4.69) is 10.4 Å². The van der Waals surface area contributed by atoms with Gasteiger partial charge in [-0.15, -0.1) is 0 Å². The molecular weight excluding hydrogens is 375 g/mol. The predicted molar refractivity (Wildman–Crippen MR) is 93.3 cm³/mol. The highest BCUT2D eigenvalue weighted by Crippen LogP contribution is 2.34. The molecule has 4 heterocycles. The summed E-state index contributed by atoms with van der Waals surface area (Å²) in [7, 11) is 1.49. The van der Waals surface area contributed by atoms with E-state index in [-0.39, 0.29) is 29.0 Å². The van der Waals surface area contributed by atoms with E-state index in [9.17, 15) is 22.8 Å². The molecule has 3 fully saturated rings. The summed E-state index contributed by atoms with van der Waals surface area (Å²) in [5, 5.41) is 6.52. The Hall–Kier alpha value is -2.26. The van der Waals surface area contributed by atoms with Gasteiger partial charge in [-0.25, -0.2) is 4.79 Å². The SMILES string of the molecule is Cn1cc(CC2CCN(C(=O)N3CC4(CCC(=O)N4)C3)CC2)c(C(F)(F)F)n1. The minimum absolute atomic E-state index is 0.0393. The Balaban J connectivity index is 1.29. The number of rotatable bonds is 2. The number of amides is 3. The van der Waals surface area contributed by atoms with E-state index >= 15 is 0 Å². The van der Waals surface area contributed by atoms with E-state index in [1.807, 2.05) is 0 Å². The second kappa shape index (κ2) is 6.66. The largest absolute Gasteiger partial charge is 0.435 e. The van der Waals surface area contributed by atoms with Crippen molar-refractivity contribution in [1.82, 2.24) is 24.9 Å². The van der Waals surface area contributed by atoms with Gasteiger partial charge < -0.3 is 15.1 Å². The fourth-order valence-electron chi connectivity index (χ4n) is 4.60. The second-order valence-corrected chi connectivity index (χ2v) is 8.28. The molecule has 1 aromatic heterocycles. The zero-order valence-corrected chi connectivity index (χ0v) is 15.8. The van der Waals surface area contributed by atoms with Crippen LogP contribution < -0.4 is 5.32 Å². The maximum atomic E-state index is 13.1. The van der Waals surface area contributed by atoms with Crippen molar-refractivity contribution in [2.45, 2.75) is 43.8 Å². The molecule has 1 aromatic rings. The highest BCUT2D eigenvalue weighted by Gasteiger charge is 2.50. The summed E-state index contributed by atoms with van der Waals surface area (Å²) in [5.74, 6) is 0.146. The summed E-state index contributed by atoms with van der Waals surface area (Å²) in [4.78, 5) is 27.6. The molecule has 0 bridgehead atoms. The lowest BCUT2D eigenvalue weighted by Gasteiger charge is -2.49. The minimum atomic E-state index is -4.45. The lowest BCUT2D eigenvalue weighted by atomic mass is 9.88. The topological polar surface area (TPSA) is 70.5 Å². The minimum Gasteiger partial charge on any atom is -0.347 e. The van der Waals surface area contributed by atoms with E-state index in [1.54, 1.807) is 9.80 Å².